The van der Waals surface area contributed by atoms with E-state index in [1.54, 1.807) is 0 Å². The molecule has 0 fully saturated rings. The molecular formula is C16H11FN2O5. The maximum absolute atomic E-state index is 13.2. The molecule has 8 heteroatoms. The maximum Gasteiger partial charge on any atom is 0.282 e. The molecule has 2 aromatic carbocycles. The summed E-state index contributed by atoms with van der Waals surface area (Å²) >= 11 is 0. The Labute approximate surface area is 135 Å². The number of imide groups is 1. The van der Waals surface area contributed by atoms with Gasteiger partial charge in [-0.25, -0.2) is 4.39 Å². The molecule has 2 aromatic rings. The van der Waals surface area contributed by atoms with Gasteiger partial charge in [-0.3, -0.25) is 24.6 Å². The predicted octanol–water partition coefficient (Wildman–Crippen LogP) is 2.06. The van der Waals surface area contributed by atoms with Crippen molar-refractivity contribution in [1.29, 1.82) is 0 Å². The van der Waals surface area contributed by atoms with Crippen LogP contribution in [0.1, 0.15) is 32.4 Å². The van der Waals surface area contributed by atoms with E-state index >= 15 is 0 Å². The van der Waals surface area contributed by atoms with Gasteiger partial charge in [-0.1, -0.05) is 18.2 Å². The average molecular weight is 330 g/mol. The van der Waals surface area contributed by atoms with Crippen LogP contribution in [0.2, 0.25) is 0 Å². The van der Waals surface area contributed by atoms with Crippen LogP contribution in [0.5, 0.6) is 0 Å². The molecule has 0 spiro atoms. The summed E-state index contributed by atoms with van der Waals surface area (Å²) in [6, 6.07) is 8.89. The van der Waals surface area contributed by atoms with Gasteiger partial charge >= 0.3 is 0 Å². The molecule has 0 aliphatic carbocycles. The summed E-state index contributed by atoms with van der Waals surface area (Å²) in [4.78, 5) is 35.7. The zero-order valence-corrected chi connectivity index (χ0v) is 12.2. The molecule has 24 heavy (non-hydrogen) atoms. The number of benzene rings is 2. The van der Waals surface area contributed by atoms with Gasteiger partial charge in [0.15, 0.2) is 0 Å². The van der Waals surface area contributed by atoms with E-state index in [2.05, 4.69) is 0 Å². The van der Waals surface area contributed by atoms with E-state index in [9.17, 15) is 29.2 Å². The van der Waals surface area contributed by atoms with Crippen molar-refractivity contribution >= 4 is 17.5 Å². The Kier molecular flexibility index (Phi) is 3.82. The first-order chi connectivity index (χ1) is 11.4. The summed E-state index contributed by atoms with van der Waals surface area (Å²) in [5, 5.41) is 21.2. The molecule has 0 saturated carbocycles. The second kappa shape index (κ2) is 5.82. The van der Waals surface area contributed by atoms with Crippen LogP contribution in [0, 0.1) is 15.9 Å². The number of fused-ring (bicyclic) bond motifs is 1. The van der Waals surface area contributed by atoms with Crippen LogP contribution < -0.4 is 0 Å². The SMILES string of the molecule is O=C1c2cccc([N+](=O)[O-])c2C(=O)N1C[C@@H](O)c1cccc(F)c1. The Morgan fingerprint density at radius 2 is 1.88 bits per heavy atom. The minimum absolute atomic E-state index is 0.0827. The van der Waals surface area contributed by atoms with Crippen molar-refractivity contribution < 1.29 is 24.0 Å². The third-order valence-corrected chi connectivity index (χ3v) is 3.76. The van der Waals surface area contributed by atoms with Crippen molar-refractivity contribution in [3.05, 3.63) is 75.1 Å². The van der Waals surface area contributed by atoms with E-state index in [1.165, 1.54) is 30.3 Å². The van der Waals surface area contributed by atoms with Crippen molar-refractivity contribution in [3.63, 3.8) is 0 Å². The first-order valence-corrected chi connectivity index (χ1v) is 6.97. The van der Waals surface area contributed by atoms with Crippen molar-refractivity contribution in [1.82, 2.24) is 4.90 Å². The highest BCUT2D eigenvalue weighted by molar-refractivity contribution is 6.23. The molecule has 7 nitrogen and oxygen atoms in total. The standard InChI is InChI=1S/C16H11FN2O5/c17-10-4-1-3-9(7-10)13(20)8-18-15(21)11-5-2-6-12(19(23)24)14(11)16(18)22/h1-7,13,20H,8H2/t13-/m1/s1. The van der Waals surface area contributed by atoms with Crippen molar-refractivity contribution in [2.24, 2.45) is 0 Å². The van der Waals surface area contributed by atoms with Gasteiger partial charge in [0.2, 0.25) is 0 Å². The summed E-state index contributed by atoms with van der Waals surface area (Å²) in [6.07, 6.45) is -1.30. The van der Waals surface area contributed by atoms with E-state index in [0.29, 0.717) is 0 Å². The Hall–Kier alpha value is -3.13. The highest BCUT2D eigenvalue weighted by Crippen LogP contribution is 2.31. The quantitative estimate of drug-likeness (QED) is 0.525. The zero-order chi connectivity index (χ0) is 17.4. The van der Waals surface area contributed by atoms with E-state index in [0.717, 1.165) is 17.0 Å². The Balaban J connectivity index is 1.91. The fourth-order valence-corrected chi connectivity index (χ4v) is 2.63. The number of nitrogens with zero attached hydrogens (tertiary/aromatic N) is 2. The number of hydrogen-bond donors (Lipinski definition) is 1. The molecule has 1 aliphatic rings. The third-order valence-electron chi connectivity index (χ3n) is 3.76. The molecular weight excluding hydrogens is 319 g/mol. The number of nitro benzene ring substituents is 1. The number of carbonyl (C=O) groups is 2. The van der Waals surface area contributed by atoms with Crippen LogP contribution in [-0.2, 0) is 0 Å². The van der Waals surface area contributed by atoms with Crippen molar-refractivity contribution in [3.8, 4) is 0 Å². The van der Waals surface area contributed by atoms with Crippen LogP contribution in [0.15, 0.2) is 42.5 Å². The normalized spacial score (nSPS) is 14.7. The molecule has 1 aliphatic heterocycles. The van der Waals surface area contributed by atoms with Gasteiger partial charge in [-0.2, -0.15) is 0 Å². The van der Waals surface area contributed by atoms with Crippen LogP contribution >= 0.6 is 0 Å². The topological polar surface area (TPSA) is 101 Å². The maximum atomic E-state index is 13.2. The smallest absolute Gasteiger partial charge is 0.282 e. The predicted molar refractivity (Wildman–Crippen MR) is 79.8 cm³/mol. The molecule has 0 radical (unpaired) electrons. The number of aliphatic hydroxyl groups is 1. The number of aliphatic hydroxyl groups excluding tert-OH is 1. The summed E-state index contributed by atoms with van der Waals surface area (Å²) in [6.45, 7) is -0.424. The van der Waals surface area contributed by atoms with Gasteiger partial charge in [-0.05, 0) is 23.8 Å². The zero-order valence-electron chi connectivity index (χ0n) is 12.2. The second-order valence-corrected chi connectivity index (χ2v) is 5.25. The Bertz CT molecular complexity index is 867. The van der Waals surface area contributed by atoms with Crippen molar-refractivity contribution in [2.45, 2.75) is 6.10 Å². The third kappa shape index (κ3) is 2.52. The lowest BCUT2D eigenvalue weighted by atomic mass is 10.1. The highest BCUT2D eigenvalue weighted by atomic mass is 19.1. The van der Waals surface area contributed by atoms with Crippen LogP contribution in [-0.4, -0.2) is 33.3 Å². The number of hydrogen-bond acceptors (Lipinski definition) is 5. The summed E-state index contributed by atoms with van der Waals surface area (Å²) in [7, 11) is 0. The molecule has 0 unspecified atom stereocenters. The molecule has 1 N–H and O–H groups in total. The summed E-state index contributed by atoms with van der Waals surface area (Å²) in [5.74, 6) is -2.14. The number of halogens is 1. The molecule has 1 heterocycles. The van der Waals surface area contributed by atoms with E-state index in [1.807, 2.05) is 0 Å². The fourth-order valence-electron chi connectivity index (χ4n) is 2.63. The summed E-state index contributed by atoms with van der Waals surface area (Å²) < 4.78 is 13.2. The number of amides is 2. The monoisotopic (exact) mass is 330 g/mol. The molecule has 2 amide bonds. The molecule has 3 rings (SSSR count). The molecule has 0 bridgehead atoms. The van der Waals surface area contributed by atoms with Crippen LogP contribution in [0.3, 0.4) is 0 Å². The number of carbonyl (C=O) groups excluding carboxylic acids is 2. The highest BCUT2D eigenvalue weighted by Gasteiger charge is 2.41. The Morgan fingerprint density at radius 1 is 1.17 bits per heavy atom. The number of rotatable bonds is 4. The lowest BCUT2D eigenvalue weighted by molar-refractivity contribution is -0.385. The first-order valence-electron chi connectivity index (χ1n) is 6.97. The van der Waals surface area contributed by atoms with E-state index in [4.69, 9.17) is 0 Å². The lowest BCUT2D eigenvalue weighted by Crippen LogP contribution is -2.34. The van der Waals surface area contributed by atoms with Gasteiger partial charge in [0.1, 0.15) is 11.4 Å². The van der Waals surface area contributed by atoms with Gasteiger partial charge in [0.25, 0.3) is 17.5 Å². The minimum Gasteiger partial charge on any atom is -0.387 e. The van der Waals surface area contributed by atoms with E-state index < -0.39 is 40.9 Å². The van der Waals surface area contributed by atoms with E-state index in [-0.39, 0.29) is 16.7 Å². The lowest BCUT2D eigenvalue weighted by Gasteiger charge is -2.18. The second-order valence-electron chi connectivity index (χ2n) is 5.25. The summed E-state index contributed by atoms with van der Waals surface area (Å²) in [5.41, 5.74) is -0.644. The number of β-amino-alcohol motifs (C(OH)–C–C–N with tert-alkyl or cyclic N) is 1. The van der Waals surface area contributed by atoms with Gasteiger partial charge in [0, 0.05) is 6.07 Å². The first kappa shape index (κ1) is 15.8. The van der Waals surface area contributed by atoms with Gasteiger partial charge < -0.3 is 5.11 Å². The molecule has 1 atom stereocenters. The molecule has 0 aromatic heterocycles. The fraction of sp³-hybridized carbons (Fsp3) is 0.125. The van der Waals surface area contributed by atoms with Crippen LogP contribution in [0.4, 0.5) is 10.1 Å². The molecule has 0 saturated heterocycles. The molecule has 122 valence electrons. The largest absolute Gasteiger partial charge is 0.387 e. The van der Waals surface area contributed by atoms with Gasteiger partial charge in [0.05, 0.1) is 23.1 Å². The Morgan fingerprint density at radius 3 is 2.54 bits per heavy atom. The average Bonchev–Trinajstić information content (AvgIpc) is 2.80. The van der Waals surface area contributed by atoms with Crippen LogP contribution in [0.25, 0.3) is 0 Å². The van der Waals surface area contributed by atoms with Crippen molar-refractivity contribution in [2.75, 3.05) is 6.54 Å². The van der Waals surface area contributed by atoms with Gasteiger partial charge in [-0.15, -0.1) is 0 Å². The minimum atomic E-state index is -1.30. The number of nitro groups is 1.